The van der Waals surface area contributed by atoms with E-state index in [1.807, 2.05) is 13.8 Å². The van der Waals surface area contributed by atoms with Crippen LogP contribution in [0, 0.1) is 10.1 Å². The lowest BCUT2D eigenvalue weighted by Gasteiger charge is -2.17. The first kappa shape index (κ1) is 16.8. The molecule has 0 saturated carbocycles. The maximum absolute atomic E-state index is 11.6. The van der Waals surface area contributed by atoms with Crippen LogP contribution in [0.1, 0.15) is 20.3 Å². The summed E-state index contributed by atoms with van der Waals surface area (Å²) in [5, 5.41) is 10.8. The molecule has 0 amide bonds. The Balaban J connectivity index is 2.82. The summed E-state index contributed by atoms with van der Waals surface area (Å²) in [4.78, 5) is 21.7. The van der Waals surface area contributed by atoms with Crippen molar-refractivity contribution < 1.29 is 14.4 Å². The van der Waals surface area contributed by atoms with Gasteiger partial charge in [-0.25, -0.2) is 0 Å². The van der Waals surface area contributed by atoms with Crippen LogP contribution in [0.5, 0.6) is 0 Å². The van der Waals surface area contributed by atoms with Crippen molar-refractivity contribution in [2.24, 2.45) is 0 Å². The highest BCUT2D eigenvalue weighted by molar-refractivity contribution is 9.10. The second-order valence-corrected chi connectivity index (χ2v) is 4.80. The van der Waals surface area contributed by atoms with Gasteiger partial charge < -0.3 is 14.0 Å². The zero-order valence-electron chi connectivity index (χ0n) is 11.4. The maximum Gasteiger partial charge on any atom is 0.333 e. The molecule has 0 spiro atoms. The Bertz CT molecular complexity index is 511. The van der Waals surface area contributed by atoms with Crippen LogP contribution in [0.25, 0.3) is 0 Å². The molecular weight excluding hydrogens is 332 g/mol. The van der Waals surface area contributed by atoms with Crippen molar-refractivity contribution in [3.05, 3.63) is 37.2 Å². The van der Waals surface area contributed by atoms with Gasteiger partial charge in [0, 0.05) is 32.4 Å². The normalized spacial score (nSPS) is 11.0. The molecule has 0 bridgehead atoms. The van der Waals surface area contributed by atoms with E-state index in [-0.39, 0.29) is 10.8 Å². The summed E-state index contributed by atoms with van der Waals surface area (Å²) < 4.78 is 12.5. The Morgan fingerprint density at radius 1 is 1.35 bits per heavy atom. The summed E-state index contributed by atoms with van der Waals surface area (Å²) in [6.45, 7) is 5.24. The van der Waals surface area contributed by atoms with E-state index in [0.29, 0.717) is 26.2 Å². The van der Waals surface area contributed by atoms with Crippen LogP contribution in [0.15, 0.2) is 21.7 Å². The number of pyridine rings is 1. The molecule has 0 saturated heterocycles. The molecule has 0 aliphatic heterocycles. The summed E-state index contributed by atoms with van der Waals surface area (Å²) in [6.07, 6.45) is 2.92. The molecule has 0 N–H and O–H groups in total. The van der Waals surface area contributed by atoms with Gasteiger partial charge in [-0.2, -0.15) is 0 Å². The molecular formula is C12H17BrN2O5. The number of aromatic nitrogens is 1. The van der Waals surface area contributed by atoms with Crippen LogP contribution in [0.2, 0.25) is 0 Å². The molecule has 1 aromatic heterocycles. The Kier molecular flexibility index (Phi) is 6.83. The lowest BCUT2D eigenvalue weighted by atomic mass is 10.3. The Morgan fingerprint density at radius 3 is 2.45 bits per heavy atom. The number of halogens is 1. The number of ether oxygens (including phenoxy) is 2. The van der Waals surface area contributed by atoms with Gasteiger partial charge in [-0.3, -0.25) is 14.9 Å². The number of hydrogen-bond acceptors (Lipinski definition) is 5. The second-order valence-electron chi connectivity index (χ2n) is 3.94. The summed E-state index contributed by atoms with van der Waals surface area (Å²) in [6, 6.07) is 0. The topological polar surface area (TPSA) is 83.6 Å². The number of nitro groups is 1. The highest BCUT2D eigenvalue weighted by Crippen LogP contribution is 2.12. The third-order valence-electron chi connectivity index (χ3n) is 2.54. The fourth-order valence-corrected chi connectivity index (χ4v) is 2.15. The molecule has 0 aliphatic rings. The van der Waals surface area contributed by atoms with Crippen LogP contribution in [0.3, 0.4) is 0 Å². The number of hydrogen-bond donors (Lipinski definition) is 0. The molecule has 0 aliphatic carbocycles. The van der Waals surface area contributed by atoms with Gasteiger partial charge >= 0.3 is 5.69 Å². The average Bonchev–Trinajstić information content (AvgIpc) is 2.39. The van der Waals surface area contributed by atoms with Crippen molar-refractivity contribution in [2.75, 3.05) is 13.2 Å². The van der Waals surface area contributed by atoms with E-state index < -0.39 is 16.0 Å². The predicted molar refractivity (Wildman–Crippen MR) is 76.7 cm³/mol. The first-order valence-corrected chi connectivity index (χ1v) is 7.06. The fraction of sp³-hybridized carbons (Fsp3) is 0.583. The summed E-state index contributed by atoms with van der Waals surface area (Å²) in [7, 11) is 0. The second kappa shape index (κ2) is 8.13. The first-order valence-electron chi connectivity index (χ1n) is 6.26. The molecule has 1 heterocycles. The minimum absolute atomic E-state index is 0.163. The van der Waals surface area contributed by atoms with E-state index >= 15 is 0 Å². The van der Waals surface area contributed by atoms with Gasteiger partial charge in [-0.15, -0.1) is 0 Å². The molecule has 0 fully saturated rings. The van der Waals surface area contributed by atoms with Crippen LogP contribution in [0.4, 0.5) is 5.69 Å². The van der Waals surface area contributed by atoms with Gasteiger partial charge in [0.2, 0.25) is 0 Å². The zero-order chi connectivity index (χ0) is 15.1. The smallest absolute Gasteiger partial charge is 0.333 e. The Labute approximate surface area is 124 Å². The summed E-state index contributed by atoms with van der Waals surface area (Å²) in [5.41, 5.74) is -1.08. The van der Waals surface area contributed by atoms with Gasteiger partial charge in [0.05, 0.1) is 15.6 Å². The molecule has 1 rings (SSSR count). The number of rotatable bonds is 8. The third-order valence-corrected chi connectivity index (χ3v) is 3.11. The van der Waals surface area contributed by atoms with Gasteiger partial charge in [0.25, 0.3) is 5.43 Å². The molecule has 0 atom stereocenters. The monoisotopic (exact) mass is 348 g/mol. The van der Waals surface area contributed by atoms with Crippen molar-refractivity contribution in [3.63, 3.8) is 0 Å². The Morgan fingerprint density at radius 2 is 1.95 bits per heavy atom. The predicted octanol–water partition coefficient (Wildman–Crippen LogP) is 2.31. The standard InChI is InChI=1S/C12H17BrN2O5/c1-3-19-11(20-4-2)5-6-14-7-9(13)12(16)10(8-14)15(17)18/h7-8,11H,3-6H2,1-2H3. The molecule has 1 aromatic rings. The quantitative estimate of drug-likeness (QED) is 0.409. The van der Waals surface area contributed by atoms with Crippen molar-refractivity contribution >= 4 is 21.6 Å². The van der Waals surface area contributed by atoms with Gasteiger partial charge in [-0.1, -0.05) is 0 Å². The van der Waals surface area contributed by atoms with Crippen LogP contribution >= 0.6 is 15.9 Å². The molecule has 0 unspecified atom stereocenters. The lowest BCUT2D eigenvalue weighted by molar-refractivity contribution is -0.386. The molecule has 0 aromatic carbocycles. The molecule has 20 heavy (non-hydrogen) atoms. The first-order chi connectivity index (χ1) is 9.49. The van der Waals surface area contributed by atoms with Gasteiger partial charge in [0.1, 0.15) is 0 Å². The minimum atomic E-state index is -0.688. The van der Waals surface area contributed by atoms with Crippen LogP contribution in [-0.2, 0) is 16.0 Å². The largest absolute Gasteiger partial charge is 0.353 e. The highest BCUT2D eigenvalue weighted by atomic mass is 79.9. The molecule has 7 nitrogen and oxygen atoms in total. The van der Waals surface area contributed by atoms with E-state index in [4.69, 9.17) is 9.47 Å². The maximum atomic E-state index is 11.6. The number of nitrogens with zero attached hydrogens (tertiary/aromatic N) is 2. The summed E-state index contributed by atoms with van der Waals surface area (Å²) in [5.74, 6) is 0. The van der Waals surface area contributed by atoms with Crippen molar-refractivity contribution in [1.82, 2.24) is 4.57 Å². The minimum Gasteiger partial charge on any atom is -0.353 e. The average molecular weight is 349 g/mol. The van der Waals surface area contributed by atoms with E-state index in [1.54, 1.807) is 4.57 Å². The fourth-order valence-electron chi connectivity index (χ4n) is 1.68. The highest BCUT2D eigenvalue weighted by Gasteiger charge is 2.16. The van der Waals surface area contributed by atoms with Crippen molar-refractivity contribution in [3.8, 4) is 0 Å². The van der Waals surface area contributed by atoms with Gasteiger partial charge in [-0.05, 0) is 29.8 Å². The van der Waals surface area contributed by atoms with E-state index in [2.05, 4.69) is 15.9 Å². The van der Waals surface area contributed by atoms with Gasteiger partial charge in [0.15, 0.2) is 6.29 Å². The number of aryl methyl sites for hydroxylation is 1. The van der Waals surface area contributed by atoms with E-state index in [0.717, 1.165) is 0 Å². The molecule has 8 heteroatoms. The zero-order valence-corrected chi connectivity index (χ0v) is 13.0. The SMILES string of the molecule is CCOC(CCn1cc(Br)c(=O)c([N+](=O)[O-])c1)OCC. The molecule has 112 valence electrons. The Hall–Kier alpha value is -1.25. The lowest BCUT2D eigenvalue weighted by Crippen LogP contribution is -2.20. The van der Waals surface area contributed by atoms with Crippen LogP contribution in [-0.4, -0.2) is 29.0 Å². The molecule has 0 radical (unpaired) electrons. The third kappa shape index (κ3) is 4.69. The van der Waals surface area contributed by atoms with E-state index in [1.165, 1.54) is 12.4 Å². The van der Waals surface area contributed by atoms with Crippen molar-refractivity contribution in [1.29, 1.82) is 0 Å². The van der Waals surface area contributed by atoms with Crippen LogP contribution < -0.4 is 5.43 Å². The van der Waals surface area contributed by atoms with E-state index in [9.17, 15) is 14.9 Å². The summed E-state index contributed by atoms with van der Waals surface area (Å²) >= 11 is 3.03. The van der Waals surface area contributed by atoms with Crippen molar-refractivity contribution in [2.45, 2.75) is 33.1 Å².